The number of nitrogens with one attached hydrogen (secondary N) is 1. The van der Waals surface area contributed by atoms with Gasteiger partial charge in [0.05, 0.1) is 18.8 Å². The third-order valence-corrected chi connectivity index (χ3v) is 14.0. The van der Waals surface area contributed by atoms with Crippen molar-refractivity contribution in [2.45, 2.75) is 161 Å². The van der Waals surface area contributed by atoms with E-state index >= 15 is 0 Å². The van der Waals surface area contributed by atoms with Gasteiger partial charge in [-0.15, -0.1) is 0 Å². The number of amides is 1. The number of fused-ring (bicyclic) bond motifs is 5. The van der Waals surface area contributed by atoms with E-state index in [9.17, 15) is 35.4 Å². The van der Waals surface area contributed by atoms with E-state index < -0.39 is 67.6 Å². The molecule has 7 N–H and O–H groups in total. The van der Waals surface area contributed by atoms with Gasteiger partial charge in [-0.2, -0.15) is 0 Å². The molecule has 1 amide bonds. The zero-order valence-corrected chi connectivity index (χ0v) is 30.2. The molecule has 276 valence electrons. The summed E-state index contributed by atoms with van der Waals surface area (Å²) in [5.41, 5.74) is 1.80. The van der Waals surface area contributed by atoms with E-state index in [4.69, 9.17) is 9.47 Å². The molecule has 5 rings (SSSR count). The minimum Gasteiger partial charge on any atom is -0.394 e. The molecule has 4 fully saturated rings. The van der Waals surface area contributed by atoms with Crippen molar-refractivity contribution in [2.24, 2.45) is 46.3 Å². The summed E-state index contributed by atoms with van der Waals surface area (Å²) in [6.45, 7) is 11.8. The molecule has 10 heteroatoms. The Bertz CT molecular complexity index is 1150. The number of rotatable bonds is 12. The van der Waals surface area contributed by atoms with Gasteiger partial charge in [0, 0.05) is 6.92 Å². The topological polar surface area (TPSA) is 169 Å². The van der Waals surface area contributed by atoms with E-state index in [1.165, 1.54) is 57.4 Å². The van der Waals surface area contributed by atoms with Crippen molar-refractivity contribution in [1.29, 1.82) is 0 Å². The van der Waals surface area contributed by atoms with Crippen molar-refractivity contribution in [3.05, 3.63) is 11.6 Å². The highest BCUT2D eigenvalue weighted by molar-refractivity contribution is 5.73. The van der Waals surface area contributed by atoms with Gasteiger partial charge in [-0.1, -0.05) is 65.5 Å². The molecule has 0 aromatic rings. The molecule has 4 aliphatic carbocycles. The van der Waals surface area contributed by atoms with E-state index in [0.717, 1.165) is 36.5 Å². The molecule has 1 saturated heterocycles. The lowest BCUT2D eigenvalue weighted by Crippen LogP contribution is -2.73. The monoisotopic (exact) mass is 679 g/mol. The lowest BCUT2D eigenvalue weighted by atomic mass is 9.47. The molecular formula is C38H65NO9. The van der Waals surface area contributed by atoms with Crippen LogP contribution >= 0.6 is 0 Å². The van der Waals surface area contributed by atoms with Gasteiger partial charge in [0.2, 0.25) is 11.7 Å². The van der Waals surface area contributed by atoms with Gasteiger partial charge in [0.15, 0.2) is 0 Å². The van der Waals surface area contributed by atoms with E-state index in [1.807, 2.05) is 0 Å². The molecule has 0 aromatic heterocycles. The van der Waals surface area contributed by atoms with Crippen LogP contribution in [-0.2, 0) is 14.3 Å². The maximum atomic E-state index is 11.9. The van der Waals surface area contributed by atoms with Crippen LogP contribution in [0.4, 0.5) is 0 Å². The average Bonchev–Trinajstić information content (AvgIpc) is 3.41. The van der Waals surface area contributed by atoms with Crippen LogP contribution in [0.1, 0.15) is 112 Å². The molecule has 3 saturated carbocycles. The van der Waals surface area contributed by atoms with Crippen LogP contribution in [0.25, 0.3) is 0 Å². The predicted molar refractivity (Wildman–Crippen MR) is 181 cm³/mol. The Morgan fingerprint density at radius 3 is 2.42 bits per heavy atom. The Morgan fingerprint density at radius 2 is 1.77 bits per heavy atom. The zero-order valence-electron chi connectivity index (χ0n) is 30.2. The van der Waals surface area contributed by atoms with Gasteiger partial charge in [-0.05, 0) is 97.7 Å². The fourth-order valence-electron chi connectivity index (χ4n) is 11.3. The fraction of sp³-hybridized carbons (Fsp3) is 0.921. The van der Waals surface area contributed by atoms with Crippen LogP contribution in [0.2, 0.25) is 0 Å². The molecule has 1 heterocycles. The first kappa shape index (κ1) is 38.1. The summed E-state index contributed by atoms with van der Waals surface area (Å²) in [7, 11) is 0. The Morgan fingerprint density at radius 1 is 1.04 bits per heavy atom. The first-order valence-electron chi connectivity index (χ1n) is 18.9. The van der Waals surface area contributed by atoms with Crippen molar-refractivity contribution in [2.75, 3.05) is 13.2 Å². The standard InChI is InChI=1S/C38H65NO9/c1-21(2)8-7-9-22(3)27-12-13-28-26-11-10-24-18-25(14-16-36(24,5)29(26)15-17-37(27,28)6)47-38(20-41)35(46)33(45)31(39-23(4)42)34(48-38)32(44)30(43)19-40/h10,21-22,25-35,40-41,43-46H,7-9,11-20H2,1-6H3,(H,39,42)/t22-,25+,26+,27-,28+,29+,30-,31-,32-,33-,34-,35+,36+,37-,38+/m1/s1. The number of aliphatic hydroxyl groups excluding tert-OH is 6. The number of carbonyl (C=O) groups excluding carboxylic acids is 1. The molecule has 0 unspecified atom stereocenters. The summed E-state index contributed by atoms with van der Waals surface area (Å²) in [4.78, 5) is 11.9. The fourth-order valence-corrected chi connectivity index (χ4v) is 11.3. The summed E-state index contributed by atoms with van der Waals surface area (Å²) in [5, 5.41) is 66.0. The predicted octanol–water partition coefficient (Wildman–Crippen LogP) is 3.44. The van der Waals surface area contributed by atoms with Gasteiger partial charge >= 0.3 is 0 Å². The highest BCUT2D eigenvalue weighted by Gasteiger charge is 2.61. The Balaban J connectivity index is 1.30. The molecule has 48 heavy (non-hydrogen) atoms. The van der Waals surface area contributed by atoms with E-state index in [-0.39, 0.29) is 5.41 Å². The zero-order chi connectivity index (χ0) is 35.2. The summed E-state index contributed by atoms with van der Waals surface area (Å²) in [5.74, 6) is 1.71. The lowest BCUT2D eigenvalue weighted by Gasteiger charge is -2.59. The number of hydrogen-bond donors (Lipinski definition) is 7. The molecule has 15 atom stereocenters. The van der Waals surface area contributed by atoms with Gasteiger partial charge < -0.3 is 45.4 Å². The van der Waals surface area contributed by atoms with Crippen LogP contribution in [0.5, 0.6) is 0 Å². The summed E-state index contributed by atoms with van der Waals surface area (Å²) in [6, 6.07) is -1.32. The van der Waals surface area contributed by atoms with E-state index in [0.29, 0.717) is 30.1 Å². The van der Waals surface area contributed by atoms with Gasteiger partial charge in [-0.3, -0.25) is 4.79 Å². The Hall–Kier alpha value is -1.11. The van der Waals surface area contributed by atoms with Crippen LogP contribution in [0, 0.1) is 46.3 Å². The highest BCUT2D eigenvalue weighted by Crippen LogP contribution is 2.67. The number of aliphatic hydroxyl groups is 6. The Kier molecular flexibility index (Phi) is 11.8. The van der Waals surface area contributed by atoms with Gasteiger partial charge in [0.1, 0.15) is 37.1 Å². The third-order valence-electron chi connectivity index (χ3n) is 14.0. The second-order valence-electron chi connectivity index (χ2n) is 17.2. The molecular weight excluding hydrogens is 614 g/mol. The number of allylic oxidation sites excluding steroid dienone is 1. The minimum absolute atomic E-state index is 0.0451. The maximum absolute atomic E-state index is 11.9. The summed E-state index contributed by atoms with van der Waals surface area (Å²) < 4.78 is 12.5. The second-order valence-corrected chi connectivity index (χ2v) is 17.2. The van der Waals surface area contributed by atoms with Gasteiger partial charge in [-0.25, -0.2) is 0 Å². The van der Waals surface area contributed by atoms with E-state index in [1.54, 1.807) is 0 Å². The van der Waals surface area contributed by atoms with Crippen LogP contribution in [0.3, 0.4) is 0 Å². The van der Waals surface area contributed by atoms with Crippen molar-refractivity contribution < 1.29 is 44.9 Å². The quantitative estimate of drug-likeness (QED) is 0.153. The van der Waals surface area contributed by atoms with Crippen LogP contribution in [-0.4, -0.2) is 98.2 Å². The summed E-state index contributed by atoms with van der Waals surface area (Å²) >= 11 is 0. The van der Waals surface area contributed by atoms with Crippen LogP contribution < -0.4 is 5.32 Å². The molecule has 1 aliphatic heterocycles. The molecule has 0 bridgehead atoms. The number of carbonyl (C=O) groups is 1. The average molecular weight is 680 g/mol. The van der Waals surface area contributed by atoms with Gasteiger partial charge in [0.25, 0.3) is 0 Å². The molecule has 0 spiro atoms. The molecule has 0 aromatic carbocycles. The largest absolute Gasteiger partial charge is 0.394 e. The van der Waals surface area contributed by atoms with Crippen molar-refractivity contribution in [3.63, 3.8) is 0 Å². The minimum atomic E-state index is -2.11. The lowest BCUT2D eigenvalue weighted by molar-refractivity contribution is -0.380. The molecule has 5 aliphatic rings. The number of hydrogen-bond acceptors (Lipinski definition) is 9. The van der Waals surface area contributed by atoms with Crippen molar-refractivity contribution in [1.82, 2.24) is 5.32 Å². The number of ether oxygens (including phenoxy) is 2. The SMILES string of the molecule is CC(=O)N[C@@H]1[C@@H](O)[C@H](O)[C@@](CO)(O[C@H]2CC[C@@]3(C)C(=CC[C@H]4[C@@H]5CC[C@H]([C@H](C)CCCC(C)C)[C@@]5(C)CC[C@@H]43)C2)O[C@H]1[C@H](O)[C@H](O)CO. The van der Waals surface area contributed by atoms with Crippen molar-refractivity contribution in [3.8, 4) is 0 Å². The smallest absolute Gasteiger partial charge is 0.221 e. The first-order valence-corrected chi connectivity index (χ1v) is 18.9. The van der Waals surface area contributed by atoms with E-state index in [2.05, 4.69) is 46.0 Å². The Labute approximate surface area is 287 Å². The molecule has 0 radical (unpaired) electrons. The normalized spacial score (nSPS) is 44.6. The first-order chi connectivity index (χ1) is 22.6. The molecule has 10 nitrogen and oxygen atoms in total. The van der Waals surface area contributed by atoms with Crippen LogP contribution in [0.15, 0.2) is 11.6 Å². The third kappa shape index (κ3) is 6.91. The highest BCUT2D eigenvalue weighted by atomic mass is 16.7. The maximum Gasteiger partial charge on any atom is 0.221 e. The second kappa shape index (κ2) is 14.9. The summed E-state index contributed by atoms with van der Waals surface area (Å²) in [6.07, 6.45) is 6.11. The van der Waals surface area contributed by atoms with Crippen molar-refractivity contribution >= 4 is 5.91 Å².